The van der Waals surface area contributed by atoms with Gasteiger partial charge in [0.05, 0.1) is 0 Å². The first kappa shape index (κ1) is 20.4. The van der Waals surface area contributed by atoms with E-state index in [1.807, 2.05) is 6.92 Å². The topological polar surface area (TPSA) is 17.1 Å². The van der Waals surface area contributed by atoms with Crippen molar-refractivity contribution in [1.29, 1.82) is 0 Å². The molecule has 140 valence electrons. The summed E-state index contributed by atoms with van der Waals surface area (Å²) in [4.78, 5) is 11.4. The first-order chi connectivity index (χ1) is 12.4. The first-order valence-electron chi connectivity index (χ1n) is 8.49. The van der Waals surface area contributed by atoms with Crippen LogP contribution in [-0.4, -0.2) is 5.24 Å². The summed E-state index contributed by atoms with van der Waals surface area (Å²) in [5.41, 5.74) is -0.546. The average Bonchev–Trinajstić information content (AvgIpc) is 2.63. The predicted octanol–water partition coefficient (Wildman–Crippen LogP) is 6.14. The van der Waals surface area contributed by atoms with Crippen molar-refractivity contribution in [2.75, 3.05) is 0 Å². The maximum absolute atomic E-state index is 14.3. The molecule has 0 saturated carbocycles. The van der Waals surface area contributed by atoms with E-state index in [0.29, 0.717) is 18.4 Å². The highest BCUT2D eigenvalue weighted by atomic mass is 35.5. The lowest BCUT2D eigenvalue weighted by Crippen LogP contribution is -2.10. The molecule has 2 aromatic rings. The van der Waals surface area contributed by atoms with E-state index in [9.17, 15) is 22.4 Å². The Morgan fingerprint density at radius 1 is 0.846 bits per heavy atom. The highest BCUT2D eigenvalue weighted by Crippen LogP contribution is 2.27. The third kappa shape index (κ3) is 4.44. The van der Waals surface area contributed by atoms with Crippen molar-refractivity contribution in [3.05, 3.63) is 69.8 Å². The summed E-state index contributed by atoms with van der Waals surface area (Å²) < 4.78 is 57.0. The number of hydrogen-bond acceptors (Lipinski definition) is 1. The molecule has 0 atom stereocenters. The molecule has 0 aromatic heterocycles. The molecule has 0 spiro atoms. The Labute approximate surface area is 155 Å². The third-order valence-electron chi connectivity index (χ3n) is 4.35. The molecule has 0 fully saturated rings. The van der Waals surface area contributed by atoms with E-state index < -0.39 is 39.6 Å². The minimum Gasteiger partial charge on any atom is -0.276 e. The zero-order chi connectivity index (χ0) is 19.3. The van der Waals surface area contributed by atoms with Gasteiger partial charge in [-0.25, -0.2) is 17.6 Å². The van der Waals surface area contributed by atoms with Gasteiger partial charge in [0.1, 0.15) is 0 Å². The molecule has 0 radical (unpaired) electrons. The second kappa shape index (κ2) is 9.17. The second-order valence-electron chi connectivity index (χ2n) is 6.10. The molecule has 26 heavy (non-hydrogen) atoms. The van der Waals surface area contributed by atoms with Crippen molar-refractivity contribution >= 4 is 16.8 Å². The lowest BCUT2D eigenvalue weighted by Gasteiger charge is -2.13. The fourth-order valence-corrected chi connectivity index (χ4v) is 3.09. The molecule has 6 heteroatoms. The molecule has 0 aliphatic carbocycles. The maximum Gasteiger partial charge on any atom is 0.252 e. The highest BCUT2D eigenvalue weighted by Gasteiger charge is 2.25. The number of halogens is 5. The summed E-state index contributed by atoms with van der Waals surface area (Å²) >= 11 is 5.48. The van der Waals surface area contributed by atoms with Gasteiger partial charge in [-0.15, -0.1) is 0 Å². The van der Waals surface area contributed by atoms with E-state index in [1.54, 1.807) is 18.2 Å². The number of aryl methyl sites for hydroxylation is 1. The number of carbonyl (C=O) groups is 1. The van der Waals surface area contributed by atoms with Crippen molar-refractivity contribution in [3.63, 3.8) is 0 Å². The standard InChI is InChI=1S/C20H19ClF4O/c1-2-3-4-9-14-16(22)18(24)15(19(25)17(14)23)11-10-12-7-5-6-8-13(12)20(21)26/h5-8H,2-4,9-11H2,1H3. The smallest absolute Gasteiger partial charge is 0.252 e. The van der Waals surface area contributed by atoms with Gasteiger partial charge in [-0.05, 0) is 48.9 Å². The summed E-state index contributed by atoms with van der Waals surface area (Å²) in [6.07, 6.45) is 1.67. The molecule has 0 saturated heterocycles. The predicted molar refractivity (Wildman–Crippen MR) is 93.5 cm³/mol. The van der Waals surface area contributed by atoms with Crippen LogP contribution >= 0.6 is 11.6 Å². The number of carbonyl (C=O) groups excluding carboxylic acids is 1. The van der Waals surface area contributed by atoms with E-state index in [-0.39, 0.29) is 24.8 Å². The molecular formula is C20H19ClF4O. The van der Waals surface area contributed by atoms with Crippen LogP contribution in [0.5, 0.6) is 0 Å². The fourth-order valence-electron chi connectivity index (χ4n) is 2.90. The van der Waals surface area contributed by atoms with E-state index in [1.165, 1.54) is 6.07 Å². The fraction of sp³-hybridized carbons (Fsp3) is 0.350. The molecule has 0 aliphatic heterocycles. The quantitative estimate of drug-likeness (QED) is 0.230. The molecule has 1 nitrogen and oxygen atoms in total. The Bertz CT molecular complexity index is 776. The Balaban J connectivity index is 2.29. The van der Waals surface area contributed by atoms with Gasteiger partial charge in [-0.3, -0.25) is 4.79 Å². The average molecular weight is 387 g/mol. The third-order valence-corrected chi connectivity index (χ3v) is 4.55. The SMILES string of the molecule is CCCCCc1c(F)c(F)c(CCc2ccccc2C(=O)Cl)c(F)c1F. The highest BCUT2D eigenvalue weighted by molar-refractivity contribution is 6.67. The van der Waals surface area contributed by atoms with Crippen LogP contribution in [0.3, 0.4) is 0 Å². The van der Waals surface area contributed by atoms with Gasteiger partial charge in [0.2, 0.25) is 0 Å². The Kier molecular flexibility index (Phi) is 7.21. The second-order valence-corrected chi connectivity index (χ2v) is 6.44. The molecule has 0 amide bonds. The van der Waals surface area contributed by atoms with Crippen LogP contribution < -0.4 is 0 Å². The van der Waals surface area contributed by atoms with Crippen molar-refractivity contribution in [1.82, 2.24) is 0 Å². The van der Waals surface area contributed by atoms with E-state index in [2.05, 4.69) is 0 Å². The molecular weight excluding hydrogens is 368 g/mol. The van der Waals surface area contributed by atoms with Gasteiger partial charge >= 0.3 is 0 Å². The Morgan fingerprint density at radius 2 is 1.38 bits per heavy atom. The normalized spacial score (nSPS) is 11.0. The van der Waals surface area contributed by atoms with Crippen LogP contribution in [0.15, 0.2) is 24.3 Å². The van der Waals surface area contributed by atoms with E-state index in [4.69, 9.17) is 11.6 Å². The van der Waals surface area contributed by atoms with Crippen LogP contribution in [0.1, 0.15) is 53.2 Å². The molecule has 0 heterocycles. The van der Waals surface area contributed by atoms with Crippen LogP contribution in [0.2, 0.25) is 0 Å². The van der Waals surface area contributed by atoms with Crippen LogP contribution in [0, 0.1) is 23.3 Å². The molecule has 2 aromatic carbocycles. The van der Waals surface area contributed by atoms with E-state index in [0.717, 1.165) is 6.42 Å². The van der Waals surface area contributed by atoms with Gasteiger partial charge in [-0.1, -0.05) is 38.0 Å². The lowest BCUT2D eigenvalue weighted by molar-refractivity contribution is 0.108. The minimum atomic E-state index is -1.37. The van der Waals surface area contributed by atoms with E-state index >= 15 is 0 Å². The van der Waals surface area contributed by atoms with Gasteiger partial charge in [0, 0.05) is 16.7 Å². The van der Waals surface area contributed by atoms with Crippen molar-refractivity contribution in [2.45, 2.75) is 45.4 Å². The monoisotopic (exact) mass is 386 g/mol. The number of rotatable bonds is 8. The molecule has 2 rings (SSSR count). The number of benzene rings is 2. The van der Waals surface area contributed by atoms with Crippen molar-refractivity contribution in [3.8, 4) is 0 Å². The van der Waals surface area contributed by atoms with Crippen LogP contribution in [-0.2, 0) is 19.3 Å². The summed E-state index contributed by atoms with van der Waals surface area (Å²) in [5.74, 6) is -5.41. The molecule has 0 bridgehead atoms. The van der Waals surface area contributed by atoms with Crippen molar-refractivity contribution < 1.29 is 22.4 Å². The maximum atomic E-state index is 14.3. The number of unbranched alkanes of at least 4 members (excludes halogenated alkanes) is 2. The molecule has 0 N–H and O–H groups in total. The summed E-state index contributed by atoms with van der Waals surface area (Å²) in [6.45, 7) is 1.92. The minimum absolute atomic E-state index is 0.0243. The largest absolute Gasteiger partial charge is 0.276 e. The van der Waals surface area contributed by atoms with Crippen LogP contribution in [0.4, 0.5) is 17.6 Å². The molecule has 0 aliphatic rings. The van der Waals surface area contributed by atoms with Crippen LogP contribution in [0.25, 0.3) is 0 Å². The summed E-state index contributed by atoms with van der Waals surface area (Å²) in [6, 6.07) is 6.31. The summed E-state index contributed by atoms with van der Waals surface area (Å²) in [7, 11) is 0. The zero-order valence-electron chi connectivity index (χ0n) is 14.4. The van der Waals surface area contributed by atoms with Gasteiger partial charge in [-0.2, -0.15) is 0 Å². The Hall–Kier alpha value is -1.88. The summed E-state index contributed by atoms with van der Waals surface area (Å²) in [5, 5.41) is -0.704. The van der Waals surface area contributed by atoms with Gasteiger partial charge in [0.15, 0.2) is 23.3 Å². The van der Waals surface area contributed by atoms with Crippen molar-refractivity contribution in [2.24, 2.45) is 0 Å². The first-order valence-corrected chi connectivity index (χ1v) is 8.87. The zero-order valence-corrected chi connectivity index (χ0v) is 15.1. The molecule has 0 unspecified atom stereocenters. The Morgan fingerprint density at radius 3 is 1.92 bits per heavy atom. The lowest BCUT2D eigenvalue weighted by atomic mass is 9.97. The van der Waals surface area contributed by atoms with Gasteiger partial charge < -0.3 is 0 Å². The van der Waals surface area contributed by atoms with Gasteiger partial charge in [0.25, 0.3) is 5.24 Å². The number of hydrogen-bond donors (Lipinski definition) is 0.